The maximum atomic E-state index is 11.7. The van der Waals surface area contributed by atoms with E-state index in [1.54, 1.807) is 7.05 Å². The Morgan fingerprint density at radius 2 is 1.94 bits per heavy atom. The smallest absolute Gasteiger partial charge is 0.279 e. The van der Waals surface area contributed by atoms with Crippen molar-refractivity contribution in [3.05, 3.63) is 0 Å². The second kappa shape index (κ2) is 6.54. The molecular weight excluding hydrogens is 226 g/mol. The lowest BCUT2D eigenvalue weighted by Crippen LogP contribution is -2.41. The predicted molar refractivity (Wildman–Crippen MR) is 65.4 cm³/mol. The van der Waals surface area contributed by atoms with Gasteiger partial charge >= 0.3 is 0 Å². The second-order valence-electron chi connectivity index (χ2n) is 4.37. The lowest BCUT2D eigenvalue weighted by atomic mass is 10.4. The van der Waals surface area contributed by atoms with Gasteiger partial charge in [-0.25, -0.2) is 4.72 Å². The van der Waals surface area contributed by atoms with Gasteiger partial charge in [0, 0.05) is 26.7 Å². The van der Waals surface area contributed by atoms with Crippen LogP contribution >= 0.6 is 0 Å². The zero-order valence-corrected chi connectivity index (χ0v) is 11.0. The number of rotatable bonds is 9. The maximum Gasteiger partial charge on any atom is 0.279 e. The Kier molecular flexibility index (Phi) is 5.68. The molecule has 2 N–H and O–H groups in total. The third-order valence-corrected chi connectivity index (χ3v) is 4.17. The third-order valence-electron chi connectivity index (χ3n) is 2.64. The Morgan fingerprint density at radius 3 is 2.50 bits per heavy atom. The van der Waals surface area contributed by atoms with Crippen LogP contribution in [0.2, 0.25) is 0 Å². The van der Waals surface area contributed by atoms with Crippen LogP contribution < -0.4 is 10.0 Å². The number of hydrogen-bond donors (Lipinski definition) is 2. The van der Waals surface area contributed by atoms with Crippen LogP contribution in [0.5, 0.6) is 0 Å². The normalized spacial score (nSPS) is 16.9. The first-order chi connectivity index (χ1) is 7.56. The second-order valence-corrected chi connectivity index (χ2v) is 6.24. The Bertz CT molecular complexity index is 288. The summed E-state index contributed by atoms with van der Waals surface area (Å²) in [7, 11) is -1.62. The van der Waals surface area contributed by atoms with Crippen molar-refractivity contribution in [2.75, 3.05) is 33.2 Å². The van der Waals surface area contributed by atoms with Crippen LogP contribution in [0.15, 0.2) is 0 Å². The van der Waals surface area contributed by atoms with Crippen LogP contribution in [-0.2, 0) is 10.2 Å². The Morgan fingerprint density at radius 1 is 1.25 bits per heavy atom. The molecule has 1 saturated carbocycles. The van der Waals surface area contributed by atoms with Crippen LogP contribution in [0.4, 0.5) is 0 Å². The molecule has 0 spiro atoms. The van der Waals surface area contributed by atoms with E-state index in [1.807, 2.05) is 0 Å². The van der Waals surface area contributed by atoms with Gasteiger partial charge in [-0.1, -0.05) is 6.92 Å². The minimum atomic E-state index is -3.26. The predicted octanol–water partition coefficient (Wildman–Crippen LogP) is 0.162. The molecule has 0 heterocycles. The molecule has 96 valence electrons. The van der Waals surface area contributed by atoms with Gasteiger partial charge in [0.1, 0.15) is 0 Å². The summed E-state index contributed by atoms with van der Waals surface area (Å²) in [5, 5.41) is 3.15. The topological polar surface area (TPSA) is 61.4 Å². The molecule has 5 nitrogen and oxygen atoms in total. The average molecular weight is 249 g/mol. The largest absolute Gasteiger partial charge is 0.315 e. The minimum Gasteiger partial charge on any atom is -0.315 e. The van der Waals surface area contributed by atoms with Crippen molar-refractivity contribution in [2.24, 2.45) is 5.92 Å². The van der Waals surface area contributed by atoms with E-state index in [1.165, 1.54) is 4.31 Å². The maximum absolute atomic E-state index is 11.7. The first kappa shape index (κ1) is 13.9. The molecule has 0 aliphatic heterocycles. The minimum absolute atomic E-state index is 0.456. The van der Waals surface area contributed by atoms with E-state index in [-0.39, 0.29) is 0 Å². The average Bonchev–Trinajstić information content (AvgIpc) is 3.01. The summed E-state index contributed by atoms with van der Waals surface area (Å²) in [6.45, 7) is 4.81. The molecule has 0 atom stereocenters. The summed E-state index contributed by atoms with van der Waals surface area (Å²) in [5.74, 6) is 0.583. The summed E-state index contributed by atoms with van der Waals surface area (Å²) >= 11 is 0. The fourth-order valence-corrected chi connectivity index (χ4v) is 2.43. The Hall–Kier alpha value is -0.170. The van der Waals surface area contributed by atoms with Gasteiger partial charge in [-0.2, -0.15) is 12.7 Å². The van der Waals surface area contributed by atoms with Crippen LogP contribution in [0.3, 0.4) is 0 Å². The molecule has 0 amide bonds. The standard InChI is InChI=1S/C10H23N3O2S/c1-3-6-11-7-8-12-16(14,15)13(2)9-10-4-5-10/h10-12H,3-9H2,1-2H3. The molecule has 0 bridgehead atoms. The number of nitrogens with one attached hydrogen (secondary N) is 2. The highest BCUT2D eigenvalue weighted by molar-refractivity contribution is 7.87. The number of hydrogen-bond acceptors (Lipinski definition) is 3. The molecule has 0 aromatic heterocycles. The van der Waals surface area contributed by atoms with Gasteiger partial charge in [0.05, 0.1) is 0 Å². The van der Waals surface area contributed by atoms with Crippen molar-refractivity contribution in [2.45, 2.75) is 26.2 Å². The SMILES string of the molecule is CCCNCCNS(=O)(=O)N(C)CC1CC1. The lowest BCUT2D eigenvalue weighted by molar-refractivity contribution is 0.442. The number of nitrogens with zero attached hydrogens (tertiary/aromatic N) is 1. The summed E-state index contributed by atoms with van der Waals surface area (Å²) in [6, 6.07) is 0. The van der Waals surface area contributed by atoms with Gasteiger partial charge in [-0.05, 0) is 31.7 Å². The van der Waals surface area contributed by atoms with Gasteiger partial charge in [0.25, 0.3) is 10.2 Å². The molecule has 16 heavy (non-hydrogen) atoms. The molecule has 6 heteroatoms. The first-order valence-corrected chi connectivity index (χ1v) is 7.42. The molecule has 0 unspecified atom stereocenters. The molecule has 1 rings (SSSR count). The van der Waals surface area contributed by atoms with Gasteiger partial charge < -0.3 is 5.32 Å². The molecule has 0 aromatic rings. The summed E-state index contributed by atoms with van der Waals surface area (Å²) in [6.07, 6.45) is 3.39. The van der Waals surface area contributed by atoms with Gasteiger partial charge in [0.15, 0.2) is 0 Å². The molecule has 1 fully saturated rings. The quantitative estimate of drug-likeness (QED) is 0.572. The fraction of sp³-hybridized carbons (Fsp3) is 1.00. The van der Waals surface area contributed by atoms with Gasteiger partial charge in [-0.3, -0.25) is 0 Å². The zero-order valence-electron chi connectivity index (χ0n) is 10.2. The molecule has 0 aromatic carbocycles. The lowest BCUT2D eigenvalue weighted by Gasteiger charge is -2.17. The van der Waals surface area contributed by atoms with Crippen molar-refractivity contribution in [3.8, 4) is 0 Å². The van der Waals surface area contributed by atoms with Crippen LogP contribution in [-0.4, -0.2) is 45.9 Å². The van der Waals surface area contributed by atoms with Crippen molar-refractivity contribution >= 4 is 10.2 Å². The summed E-state index contributed by atoms with van der Waals surface area (Å²) in [5.41, 5.74) is 0. The summed E-state index contributed by atoms with van der Waals surface area (Å²) in [4.78, 5) is 0. The van der Waals surface area contributed by atoms with E-state index in [0.29, 0.717) is 25.6 Å². The molecule has 0 saturated heterocycles. The van der Waals surface area contributed by atoms with E-state index in [0.717, 1.165) is 25.8 Å². The Balaban J connectivity index is 2.16. The molecule has 1 aliphatic carbocycles. The van der Waals surface area contributed by atoms with Crippen molar-refractivity contribution in [1.29, 1.82) is 0 Å². The highest BCUT2D eigenvalue weighted by atomic mass is 32.2. The third kappa shape index (κ3) is 5.25. The van der Waals surface area contributed by atoms with E-state index >= 15 is 0 Å². The Labute approximate surface area is 98.8 Å². The molecule has 0 radical (unpaired) electrons. The van der Waals surface area contributed by atoms with Crippen LogP contribution in [0.25, 0.3) is 0 Å². The van der Waals surface area contributed by atoms with Crippen LogP contribution in [0.1, 0.15) is 26.2 Å². The highest BCUT2D eigenvalue weighted by Crippen LogP contribution is 2.29. The molecular formula is C10H23N3O2S. The van der Waals surface area contributed by atoms with E-state index in [9.17, 15) is 8.42 Å². The van der Waals surface area contributed by atoms with Crippen molar-refractivity contribution in [1.82, 2.24) is 14.3 Å². The van der Waals surface area contributed by atoms with Crippen molar-refractivity contribution in [3.63, 3.8) is 0 Å². The fourth-order valence-electron chi connectivity index (χ4n) is 1.44. The van der Waals surface area contributed by atoms with Gasteiger partial charge in [0.2, 0.25) is 0 Å². The van der Waals surface area contributed by atoms with Gasteiger partial charge in [-0.15, -0.1) is 0 Å². The molecule has 1 aliphatic rings. The van der Waals surface area contributed by atoms with E-state index in [4.69, 9.17) is 0 Å². The highest BCUT2D eigenvalue weighted by Gasteiger charge is 2.27. The van der Waals surface area contributed by atoms with Crippen molar-refractivity contribution < 1.29 is 8.42 Å². The van der Waals surface area contributed by atoms with E-state index < -0.39 is 10.2 Å². The monoisotopic (exact) mass is 249 g/mol. The summed E-state index contributed by atoms with van der Waals surface area (Å²) < 4.78 is 27.4. The zero-order chi connectivity index (χ0) is 12.0. The van der Waals surface area contributed by atoms with Crippen LogP contribution in [0, 0.1) is 5.92 Å². The van der Waals surface area contributed by atoms with E-state index in [2.05, 4.69) is 17.0 Å². The first-order valence-electron chi connectivity index (χ1n) is 5.98.